The van der Waals surface area contributed by atoms with Gasteiger partial charge in [0.15, 0.2) is 0 Å². The SMILES string of the molecule is CCCNCc1ccc(-c2cnn(CCC)c2)o1. The van der Waals surface area contributed by atoms with Crippen LogP contribution in [0.1, 0.15) is 32.4 Å². The first-order valence-corrected chi connectivity index (χ1v) is 6.65. The number of rotatable bonds is 7. The van der Waals surface area contributed by atoms with E-state index in [-0.39, 0.29) is 0 Å². The fourth-order valence-electron chi connectivity index (χ4n) is 1.86. The number of aromatic nitrogens is 2. The van der Waals surface area contributed by atoms with Gasteiger partial charge in [-0.3, -0.25) is 4.68 Å². The number of nitrogens with zero attached hydrogens (tertiary/aromatic N) is 2. The van der Waals surface area contributed by atoms with Gasteiger partial charge < -0.3 is 9.73 Å². The summed E-state index contributed by atoms with van der Waals surface area (Å²) in [7, 11) is 0. The molecule has 0 atom stereocenters. The molecule has 0 aliphatic carbocycles. The summed E-state index contributed by atoms with van der Waals surface area (Å²) >= 11 is 0. The van der Waals surface area contributed by atoms with E-state index in [0.29, 0.717) is 0 Å². The lowest BCUT2D eigenvalue weighted by Gasteiger charge is -1.98. The Balaban J connectivity index is 1.99. The van der Waals surface area contributed by atoms with Crippen molar-refractivity contribution in [3.63, 3.8) is 0 Å². The number of hydrogen-bond donors (Lipinski definition) is 1. The monoisotopic (exact) mass is 247 g/mol. The van der Waals surface area contributed by atoms with Crippen LogP contribution in [0, 0.1) is 0 Å². The predicted octanol–water partition coefficient (Wildman–Crippen LogP) is 3.05. The third-order valence-electron chi connectivity index (χ3n) is 2.76. The van der Waals surface area contributed by atoms with E-state index in [1.165, 1.54) is 0 Å². The van der Waals surface area contributed by atoms with Crippen molar-refractivity contribution in [3.8, 4) is 11.3 Å². The number of aryl methyl sites for hydroxylation is 1. The van der Waals surface area contributed by atoms with Gasteiger partial charge in [0.05, 0.1) is 18.3 Å². The molecule has 0 aromatic carbocycles. The Morgan fingerprint density at radius 3 is 2.94 bits per heavy atom. The van der Waals surface area contributed by atoms with Crippen LogP contribution >= 0.6 is 0 Å². The summed E-state index contributed by atoms with van der Waals surface area (Å²) in [6, 6.07) is 4.03. The summed E-state index contributed by atoms with van der Waals surface area (Å²) in [4.78, 5) is 0. The molecule has 2 aromatic rings. The van der Waals surface area contributed by atoms with E-state index in [1.807, 2.05) is 29.2 Å². The summed E-state index contributed by atoms with van der Waals surface area (Å²) in [6.07, 6.45) is 6.12. The predicted molar refractivity (Wildman–Crippen MR) is 72.2 cm³/mol. The van der Waals surface area contributed by atoms with Gasteiger partial charge in [0.2, 0.25) is 0 Å². The second kappa shape index (κ2) is 6.40. The second-order valence-electron chi connectivity index (χ2n) is 4.43. The number of furan rings is 1. The van der Waals surface area contributed by atoms with Gasteiger partial charge in [-0.1, -0.05) is 13.8 Å². The number of nitrogens with one attached hydrogen (secondary N) is 1. The molecule has 4 nitrogen and oxygen atoms in total. The summed E-state index contributed by atoms with van der Waals surface area (Å²) in [6.45, 7) is 7.06. The molecule has 2 aromatic heterocycles. The fraction of sp³-hybridized carbons (Fsp3) is 0.500. The zero-order chi connectivity index (χ0) is 12.8. The lowest BCUT2D eigenvalue weighted by molar-refractivity contribution is 0.493. The highest BCUT2D eigenvalue weighted by Gasteiger charge is 2.06. The zero-order valence-electron chi connectivity index (χ0n) is 11.1. The molecule has 0 unspecified atom stereocenters. The van der Waals surface area contributed by atoms with E-state index < -0.39 is 0 Å². The van der Waals surface area contributed by atoms with Crippen molar-refractivity contribution in [3.05, 3.63) is 30.3 Å². The molecule has 0 bridgehead atoms. The quantitative estimate of drug-likeness (QED) is 0.765. The molecule has 2 rings (SSSR count). The molecule has 0 saturated carbocycles. The Bertz CT molecular complexity index is 473. The van der Waals surface area contributed by atoms with Crippen molar-refractivity contribution in [2.24, 2.45) is 0 Å². The molecule has 0 fully saturated rings. The summed E-state index contributed by atoms with van der Waals surface area (Å²) in [5, 5.41) is 7.64. The van der Waals surface area contributed by atoms with Gasteiger partial charge in [-0.15, -0.1) is 0 Å². The zero-order valence-corrected chi connectivity index (χ0v) is 11.1. The maximum absolute atomic E-state index is 5.79. The van der Waals surface area contributed by atoms with Crippen LogP contribution in [0.5, 0.6) is 0 Å². The van der Waals surface area contributed by atoms with Crippen LogP contribution < -0.4 is 5.32 Å². The van der Waals surface area contributed by atoms with E-state index >= 15 is 0 Å². The van der Waals surface area contributed by atoms with Gasteiger partial charge in [-0.05, 0) is 31.5 Å². The summed E-state index contributed by atoms with van der Waals surface area (Å²) in [5.74, 6) is 1.87. The number of hydrogen-bond acceptors (Lipinski definition) is 3. The van der Waals surface area contributed by atoms with Gasteiger partial charge in [0.1, 0.15) is 11.5 Å². The Hall–Kier alpha value is -1.55. The first-order valence-electron chi connectivity index (χ1n) is 6.65. The maximum Gasteiger partial charge on any atom is 0.137 e. The van der Waals surface area contributed by atoms with Crippen molar-refractivity contribution < 1.29 is 4.42 Å². The highest BCUT2D eigenvalue weighted by molar-refractivity contribution is 5.55. The molecular weight excluding hydrogens is 226 g/mol. The van der Waals surface area contributed by atoms with Crippen LogP contribution in [-0.4, -0.2) is 16.3 Å². The molecule has 0 aliphatic heterocycles. The van der Waals surface area contributed by atoms with Gasteiger partial charge in [0, 0.05) is 12.7 Å². The van der Waals surface area contributed by atoms with Gasteiger partial charge >= 0.3 is 0 Å². The Morgan fingerprint density at radius 2 is 2.17 bits per heavy atom. The minimum Gasteiger partial charge on any atom is -0.460 e. The molecule has 1 N–H and O–H groups in total. The van der Waals surface area contributed by atoms with Crippen molar-refractivity contribution in [1.82, 2.24) is 15.1 Å². The Morgan fingerprint density at radius 1 is 1.28 bits per heavy atom. The van der Waals surface area contributed by atoms with Crippen LogP contribution in [0.15, 0.2) is 28.9 Å². The molecule has 0 radical (unpaired) electrons. The van der Waals surface area contributed by atoms with Crippen molar-refractivity contribution in [2.75, 3.05) is 6.54 Å². The van der Waals surface area contributed by atoms with E-state index in [0.717, 1.165) is 49.6 Å². The molecule has 0 amide bonds. The highest BCUT2D eigenvalue weighted by atomic mass is 16.3. The summed E-state index contributed by atoms with van der Waals surface area (Å²) < 4.78 is 7.74. The molecule has 0 spiro atoms. The molecule has 0 aliphatic rings. The standard InChI is InChI=1S/C14H21N3O/c1-3-7-15-10-13-5-6-14(18-13)12-9-16-17(11-12)8-4-2/h5-6,9,11,15H,3-4,7-8,10H2,1-2H3. The van der Waals surface area contributed by atoms with Crippen LogP contribution in [0.4, 0.5) is 0 Å². The highest BCUT2D eigenvalue weighted by Crippen LogP contribution is 2.21. The van der Waals surface area contributed by atoms with Crippen LogP contribution in [-0.2, 0) is 13.1 Å². The van der Waals surface area contributed by atoms with Crippen LogP contribution in [0.2, 0.25) is 0 Å². The fourth-order valence-corrected chi connectivity index (χ4v) is 1.86. The topological polar surface area (TPSA) is 43.0 Å². The van der Waals surface area contributed by atoms with Crippen molar-refractivity contribution in [2.45, 2.75) is 39.8 Å². The smallest absolute Gasteiger partial charge is 0.137 e. The molecule has 18 heavy (non-hydrogen) atoms. The summed E-state index contributed by atoms with van der Waals surface area (Å²) in [5.41, 5.74) is 1.05. The van der Waals surface area contributed by atoms with E-state index in [2.05, 4.69) is 24.3 Å². The minimum absolute atomic E-state index is 0.789. The van der Waals surface area contributed by atoms with E-state index in [9.17, 15) is 0 Å². The molecule has 4 heteroatoms. The first-order chi connectivity index (χ1) is 8.83. The van der Waals surface area contributed by atoms with Gasteiger partial charge in [-0.2, -0.15) is 5.10 Å². The second-order valence-corrected chi connectivity index (χ2v) is 4.43. The third kappa shape index (κ3) is 3.23. The van der Waals surface area contributed by atoms with Gasteiger partial charge in [0.25, 0.3) is 0 Å². The molecule has 98 valence electrons. The van der Waals surface area contributed by atoms with Crippen molar-refractivity contribution >= 4 is 0 Å². The van der Waals surface area contributed by atoms with Crippen molar-refractivity contribution in [1.29, 1.82) is 0 Å². The lowest BCUT2D eigenvalue weighted by atomic mass is 10.3. The van der Waals surface area contributed by atoms with E-state index in [4.69, 9.17) is 4.42 Å². The maximum atomic E-state index is 5.79. The first kappa shape index (κ1) is 12.9. The molecule has 2 heterocycles. The molecule has 0 saturated heterocycles. The van der Waals surface area contributed by atoms with Crippen LogP contribution in [0.25, 0.3) is 11.3 Å². The Labute approximate surface area is 108 Å². The third-order valence-corrected chi connectivity index (χ3v) is 2.76. The average Bonchev–Trinajstić information content (AvgIpc) is 2.98. The minimum atomic E-state index is 0.789. The largest absolute Gasteiger partial charge is 0.460 e. The molecular formula is C14H21N3O. The van der Waals surface area contributed by atoms with Gasteiger partial charge in [-0.25, -0.2) is 0 Å². The normalized spacial score (nSPS) is 11.0. The van der Waals surface area contributed by atoms with Crippen LogP contribution in [0.3, 0.4) is 0 Å². The lowest BCUT2D eigenvalue weighted by Crippen LogP contribution is -2.12. The average molecular weight is 247 g/mol. The Kier molecular flexibility index (Phi) is 4.59. The van der Waals surface area contributed by atoms with E-state index in [1.54, 1.807) is 0 Å².